The minimum Gasteiger partial charge on any atom is -0.376 e. The second-order valence-electron chi connectivity index (χ2n) is 21.7. The molecule has 65 heavy (non-hydrogen) atoms. The molecule has 8 aromatic carbocycles. The first-order chi connectivity index (χ1) is 31.3. The summed E-state index contributed by atoms with van der Waals surface area (Å²) in [5, 5.41) is 2.75. The summed E-state index contributed by atoms with van der Waals surface area (Å²) in [4.78, 5) is 2.72. The number of rotatable bonds is 4. The molecule has 0 fully saturated rings. The van der Waals surface area contributed by atoms with E-state index < -0.39 is 0 Å². The largest absolute Gasteiger partial charge is 0.376 e. The highest BCUT2D eigenvalue weighted by Crippen LogP contribution is 2.56. The number of aryl methyl sites for hydroxylation is 2. The number of anilines is 2. The minimum atomic E-state index is -0.148. The van der Waals surface area contributed by atoms with Crippen LogP contribution in [0.5, 0.6) is 0 Å². The van der Waals surface area contributed by atoms with Gasteiger partial charge in [-0.15, -0.1) is 0 Å². The lowest BCUT2D eigenvalue weighted by atomic mass is 9.43. The Balaban J connectivity index is 1.26. The van der Waals surface area contributed by atoms with Gasteiger partial charge in [-0.05, 0) is 153 Å². The Morgan fingerprint density at radius 1 is 0.508 bits per heavy atom. The molecule has 0 bridgehead atoms. The number of nitrogens with zero attached hydrogens (tertiary/aromatic N) is 2. The summed E-state index contributed by atoms with van der Waals surface area (Å²) >= 11 is 0. The fourth-order valence-corrected chi connectivity index (χ4v) is 13.0. The van der Waals surface area contributed by atoms with Crippen molar-refractivity contribution in [3.05, 3.63) is 208 Å². The van der Waals surface area contributed by atoms with Crippen LogP contribution in [-0.2, 0) is 16.2 Å². The molecule has 4 aliphatic rings. The van der Waals surface area contributed by atoms with Crippen molar-refractivity contribution in [3.8, 4) is 27.9 Å². The van der Waals surface area contributed by atoms with E-state index in [-0.39, 0.29) is 29.0 Å². The highest BCUT2D eigenvalue weighted by Gasteiger charge is 2.48. The van der Waals surface area contributed by atoms with Crippen molar-refractivity contribution < 1.29 is 0 Å². The maximum atomic E-state index is 2.72. The van der Waals surface area contributed by atoms with E-state index in [1.54, 1.807) is 0 Å². The van der Waals surface area contributed by atoms with Gasteiger partial charge in [-0.1, -0.05) is 162 Å². The topological polar surface area (TPSA) is 8.17 Å². The Bertz CT molecular complexity index is 3440. The van der Waals surface area contributed by atoms with Crippen molar-refractivity contribution in [2.45, 2.75) is 90.4 Å². The second kappa shape index (κ2) is 13.3. The standard InChI is InChI=1S/C62H55BN2/c1-37-23-26-41(27-24-37)65-55-35-43-42-21-15-16-22-48(42)62(7,8)49(43)33-44(55)45-32-47(56(39-17-11-9-12-18-39)40-19-13-10-14-20-40)57-46-34-50-51(61(5,6)30-29-60(50,3)4)36-54(46)64-53-28-25-38(2)31-52(53)63(65)58(45)59(57)64/h9-28,31-36,56H,29-30H2,1-8H3. The molecule has 9 aromatic rings. The number of aromatic nitrogens is 1. The highest BCUT2D eigenvalue weighted by molar-refractivity contribution is 6.93. The fraction of sp³-hybridized carbons (Fsp3) is 0.226. The third-order valence-electron chi connectivity index (χ3n) is 16.5. The van der Waals surface area contributed by atoms with Crippen LogP contribution in [0, 0.1) is 13.8 Å². The lowest BCUT2D eigenvalue weighted by Gasteiger charge is -2.43. The zero-order chi connectivity index (χ0) is 44.3. The maximum Gasteiger partial charge on any atom is 0.333 e. The van der Waals surface area contributed by atoms with Gasteiger partial charge >= 0.3 is 6.85 Å². The van der Waals surface area contributed by atoms with Gasteiger partial charge in [0.15, 0.2) is 0 Å². The number of hydrogen-bond donors (Lipinski definition) is 0. The Labute approximate surface area is 384 Å². The average molecular weight is 839 g/mol. The van der Waals surface area contributed by atoms with E-state index in [2.05, 4.69) is 222 Å². The van der Waals surface area contributed by atoms with Crippen molar-refractivity contribution in [3.63, 3.8) is 0 Å². The predicted octanol–water partition coefficient (Wildman–Crippen LogP) is 14.5. The summed E-state index contributed by atoms with van der Waals surface area (Å²) < 4.78 is 2.72. The molecule has 3 heterocycles. The van der Waals surface area contributed by atoms with E-state index in [9.17, 15) is 0 Å². The normalized spacial score (nSPS) is 16.6. The second-order valence-corrected chi connectivity index (χ2v) is 21.7. The van der Waals surface area contributed by atoms with Crippen LogP contribution in [0.15, 0.2) is 158 Å². The molecule has 3 heteroatoms. The molecule has 2 nitrogen and oxygen atoms in total. The summed E-state index contributed by atoms with van der Waals surface area (Å²) in [6, 6.07) is 61.4. The summed E-state index contributed by atoms with van der Waals surface area (Å²) in [6.07, 6.45) is 2.35. The number of fused-ring (bicyclic) bond motifs is 12. The molecule has 0 saturated heterocycles. The summed E-state index contributed by atoms with van der Waals surface area (Å²) in [5.41, 5.74) is 26.9. The van der Waals surface area contributed by atoms with Gasteiger partial charge in [0.2, 0.25) is 0 Å². The summed E-state index contributed by atoms with van der Waals surface area (Å²) in [5.74, 6) is 0.00815. The van der Waals surface area contributed by atoms with Crippen LogP contribution in [0.1, 0.15) is 110 Å². The molecule has 1 aromatic heterocycles. The van der Waals surface area contributed by atoms with Crippen LogP contribution >= 0.6 is 0 Å². The van der Waals surface area contributed by atoms with Crippen molar-refractivity contribution in [2.75, 3.05) is 4.81 Å². The van der Waals surface area contributed by atoms with Crippen LogP contribution in [-0.4, -0.2) is 11.4 Å². The van der Waals surface area contributed by atoms with Crippen LogP contribution < -0.4 is 15.7 Å². The molecule has 0 N–H and O–H groups in total. The van der Waals surface area contributed by atoms with Crippen LogP contribution in [0.4, 0.5) is 11.4 Å². The smallest absolute Gasteiger partial charge is 0.333 e. The first-order valence-electron chi connectivity index (χ1n) is 23.9. The molecule has 0 spiro atoms. The third kappa shape index (κ3) is 5.30. The van der Waals surface area contributed by atoms with Crippen LogP contribution in [0.2, 0.25) is 0 Å². The quantitative estimate of drug-likeness (QED) is 0.127. The van der Waals surface area contributed by atoms with Crippen LogP contribution in [0.25, 0.3) is 49.7 Å². The molecular formula is C62H55BN2. The van der Waals surface area contributed by atoms with Crippen molar-refractivity contribution >= 4 is 51.0 Å². The average Bonchev–Trinajstić information content (AvgIpc) is 3.76. The van der Waals surface area contributed by atoms with Crippen molar-refractivity contribution in [2.24, 2.45) is 0 Å². The molecule has 316 valence electrons. The van der Waals surface area contributed by atoms with Crippen LogP contribution in [0.3, 0.4) is 0 Å². The first-order valence-corrected chi connectivity index (χ1v) is 23.9. The van der Waals surface area contributed by atoms with E-state index in [0.29, 0.717) is 0 Å². The lowest BCUT2D eigenvalue weighted by molar-refractivity contribution is 0.332. The third-order valence-corrected chi connectivity index (χ3v) is 16.5. The zero-order valence-corrected chi connectivity index (χ0v) is 39.0. The molecule has 0 amide bonds. The maximum absolute atomic E-state index is 2.72. The SMILES string of the molecule is Cc1ccc(N2B3c4cc(C)ccc4-n4c5cc6c(cc5c5c(C(c7ccccc7)c7ccccc7)cc(c3c54)-c3cc4c(cc32)-c2ccccc2C4(C)C)C(C)(C)CCC6(C)C)cc1. The molecule has 2 aliphatic heterocycles. The molecule has 0 atom stereocenters. The van der Waals surface area contributed by atoms with E-state index in [1.165, 1.54) is 135 Å². The molecular weight excluding hydrogens is 784 g/mol. The van der Waals surface area contributed by atoms with Gasteiger partial charge in [-0.2, -0.15) is 0 Å². The van der Waals surface area contributed by atoms with Gasteiger partial charge in [0.1, 0.15) is 0 Å². The Morgan fingerprint density at radius 3 is 1.83 bits per heavy atom. The van der Waals surface area contributed by atoms with E-state index >= 15 is 0 Å². The molecule has 13 rings (SSSR count). The molecule has 0 radical (unpaired) electrons. The Morgan fingerprint density at radius 2 is 1.14 bits per heavy atom. The van der Waals surface area contributed by atoms with E-state index in [0.717, 1.165) is 0 Å². The number of hydrogen-bond acceptors (Lipinski definition) is 1. The van der Waals surface area contributed by atoms with E-state index in [4.69, 9.17) is 0 Å². The predicted molar refractivity (Wildman–Crippen MR) is 276 cm³/mol. The molecule has 0 saturated carbocycles. The molecule has 0 unspecified atom stereocenters. The Kier molecular flexibility index (Phi) is 7.92. The lowest BCUT2D eigenvalue weighted by Crippen LogP contribution is -2.60. The van der Waals surface area contributed by atoms with Crippen molar-refractivity contribution in [1.82, 2.24) is 4.57 Å². The van der Waals surface area contributed by atoms with Crippen molar-refractivity contribution in [1.29, 1.82) is 0 Å². The summed E-state index contributed by atoms with van der Waals surface area (Å²) in [7, 11) is 0. The van der Waals surface area contributed by atoms with Gasteiger partial charge in [0.25, 0.3) is 0 Å². The fourth-order valence-electron chi connectivity index (χ4n) is 13.0. The highest BCUT2D eigenvalue weighted by atomic mass is 15.1. The Hall–Kier alpha value is -6.58. The van der Waals surface area contributed by atoms with Gasteiger partial charge < -0.3 is 9.38 Å². The minimum absolute atomic E-state index is 0.00815. The summed E-state index contributed by atoms with van der Waals surface area (Å²) in [6.45, 7) is 19.2. The van der Waals surface area contributed by atoms with Gasteiger partial charge in [0.05, 0.1) is 11.0 Å². The molecule has 2 aliphatic carbocycles. The van der Waals surface area contributed by atoms with Gasteiger partial charge in [-0.25, -0.2) is 0 Å². The number of benzene rings is 8. The monoisotopic (exact) mass is 838 g/mol. The zero-order valence-electron chi connectivity index (χ0n) is 39.0. The van der Waals surface area contributed by atoms with Gasteiger partial charge in [-0.3, -0.25) is 0 Å². The first kappa shape index (κ1) is 38.8. The van der Waals surface area contributed by atoms with Gasteiger partial charge in [0, 0.05) is 44.7 Å². The van der Waals surface area contributed by atoms with E-state index in [1.807, 2.05) is 0 Å².